The number of rotatable bonds is 6. The molecule has 2 heteroatoms. The van der Waals surface area contributed by atoms with Gasteiger partial charge in [-0.15, -0.1) is 0 Å². The lowest BCUT2D eigenvalue weighted by Gasteiger charge is -2.30. The monoisotopic (exact) mass is 680 g/mol. The van der Waals surface area contributed by atoms with E-state index in [1.165, 1.54) is 71.8 Å². The van der Waals surface area contributed by atoms with Gasteiger partial charge in [-0.1, -0.05) is 140 Å². The first-order valence-electron chi connectivity index (χ1n) is 18.9. The number of anilines is 2. The van der Waals surface area contributed by atoms with Gasteiger partial charge in [-0.25, -0.2) is 0 Å². The molecule has 0 saturated carbocycles. The third kappa shape index (κ3) is 5.41. The highest BCUT2D eigenvalue weighted by atomic mass is 15.1. The van der Waals surface area contributed by atoms with E-state index < -0.39 is 0 Å². The van der Waals surface area contributed by atoms with Crippen LogP contribution in [0.3, 0.4) is 0 Å². The number of hydrogen-bond donors (Lipinski definition) is 0. The minimum Gasteiger partial charge on any atom is -0.313 e. The van der Waals surface area contributed by atoms with Gasteiger partial charge in [0, 0.05) is 46.2 Å². The van der Waals surface area contributed by atoms with Crippen LogP contribution >= 0.6 is 0 Å². The molecule has 0 radical (unpaired) electrons. The van der Waals surface area contributed by atoms with Crippen molar-refractivity contribution in [3.8, 4) is 16.8 Å². The van der Waals surface area contributed by atoms with Gasteiger partial charge in [0.1, 0.15) is 0 Å². The molecule has 0 spiro atoms. The van der Waals surface area contributed by atoms with Gasteiger partial charge in [0.05, 0.1) is 5.52 Å². The van der Waals surface area contributed by atoms with Crippen LogP contribution in [0.15, 0.2) is 194 Å². The first-order chi connectivity index (χ1) is 26.3. The summed E-state index contributed by atoms with van der Waals surface area (Å²) >= 11 is 0. The number of nitrogens with zero attached hydrogens (tertiary/aromatic N) is 2. The van der Waals surface area contributed by atoms with E-state index in [1.807, 2.05) is 0 Å². The van der Waals surface area contributed by atoms with Crippen molar-refractivity contribution in [3.63, 3.8) is 0 Å². The second kappa shape index (κ2) is 13.3. The van der Waals surface area contributed by atoms with E-state index in [9.17, 15) is 0 Å². The normalized spacial score (nSPS) is 15.4. The van der Waals surface area contributed by atoms with Crippen molar-refractivity contribution in [3.05, 3.63) is 211 Å². The van der Waals surface area contributed by atoms with Gasteiger partial charge >= 0.3 is 0 Å². The number of allylic oxidation sites excluding steroid dienone is 5. The molecule has 0 N–H and O–H groups in total. The molecular weight excluding hydrogens is 641 g/mol. The Hall–Kier alpha value is -6.38. The largest absolute Gasteiger partial charge is 0.313 e. The van der Waals surface area contributed by atoms with Gasteiger partial charge in [0.15, 0.2) is 0 Å². The second-order valence-electron chi connectivity index (χ2n) is 14.3. The minimum absolute atomic E-state index is 0.254. The fourth-order valence-electron chi connectivity index (χ4n) is 8.93. The summed E-state index contributed by atoms with van der Waals surface area (Å²) in [4.78, 5) is 2.40. The summed E-state index contributed by atoms with van der Waals surface area (Å²) < 4.78 is 2.49. The van der Waals surface area contributed by atoms with Gasteiger partial charge < -0.3 is 9.47 Å². The van der Waals surface area contributed by atoms with Crippen molar-refractivity contribution in [1.82, 2.24) is 4.57 Å². The Kier molecular flexibility index (Phi) is 7.87. The predicted molar refractivity (Wildman–Crippen MR) is 224 cm³/mol. The fraction of sp³-hybridized carbons (Fsp3) is 0.0980. The Morgan fingerprint density at radius 1 is 0.547 bits per heavy atom. The van der Waals surface area contributed by atoms with E-state index in [0.29, 0.717) is 0 Å². The summed E-state index contributed by atoms with van der Waals surface area (Å²) in [5, 5.41) is 6.66. The second-order valence-corrected chi connectivity index (χ2v) is 14.3. The quantitative estimate of drug-likeness (QED) is 0.125. The van der Waals surface area contributed by atoms with Gasteiger partial charge in [0.2, 0.25) is 0 Å². The molecule has 0 fully saturated rings. The zero-order valence-electron chi connectivity index (χ0n) is 29.7. The van der Waals surface area contributed by atoms with Crippen LogP contribution in [-0.2, 0) is 12.8 Å². The van der Waals surface area contributed by atoms with Crippen molar-refractivity contribution in [2.45, 2.75) is 31.6 Å². The Labute approximate surface area is 311 Å². The van der Waals surface area contributed by atoms with E-state index in [-0.39, 0.29) is 5.92 Å². The maximum atomic E-state index is 2.49. The first-order valence-corrected chi connectivity index (χ1v) is 18.9. The van der Waals surface area contributed by atoms with Crippen LogP contribution in [0.1, 0.15) is 35.6 Å². The SMILES string of the molecule is C1=CCc2c(c3ccccc3n2-c2ccc(N(C3=CCC(c4c5ccccc5c(-c5ccccc5)c5ccccc45)C=C3)c3ccccc3)cc2)CC1. The molecule has 1 aromatic heterocycles. The summed E-state index contributed by atoms with van der Waals surface area (Å²) in [5.74, 6) is 0.254. The van der Waals surface area contributed by atoms with Gasteiger partial charge in [-0.2, -0.15) is 0 Å². The third-order valence-corrected chi connectivity index (χ3v) is 11.3. The average molecular weight is 681 g/mol. The maximum absolute atomic E-state index is 2.49. The van der Waals surface area contributed by atoms with Crippen molar-refractivity contribution >= 4 is 43.8 Å². The highest BCUT2D eigenvalue weighted by Crippen LogP contribution is 2.45. The molecule has 0 amide bonds. The summed E-state index contributed by atoms with van der Waals surface area (Å²) in [6.45, 7) is 0. The molecule has 254 valence electrons. The molecule has 1 heterocycles. The maximum Gasteiger partial charge on any atom is 0.0534 e. The number of hydrogen-bond acceptors (Lipinski definition) is 1. The van der Waals surface area contributed by atoms with Crippen LogP contribution in [0.2, 0.25) is 0 Å². The van der Waals surface area contributed by atoms with E-state index in [0.717, 1.165) is 37.1 Å². The number of fused-ring (bicyclic) bond motifs is 5. The fourth-order valence-corrected chi connectivity index (χ4v) is 8.93. The summed E-state index contributed by atoms with van der Waals surface area (Å²) in [7, 11) is 0. The minimum atomic E-state index is 0.254. The number of benzene rings is 7. The van der Waals surface area contributed by atoms with Crippen molar-refractivity contribution < 1.29 is 0 Å². The van der Waals surface area contributed by atoms with Gasteiger partial charge in [-0.05, 0) is 112 Å². The van der Waals surface area contributed by atoms with Crippen LogP contribution in [0.25, 0.3) is 49.3 Å². The predicted octanol–water partition coefficient (Wildman–Crippen LogP) is 13.4. The Morgan fingerprint density at radius 3 is 1.83 bits per heavy atom. The van der Waals surface area contributed by atoms with Gasteiger partial charge in [0.25, 0.3) is 0 Å². The lowest BCUT2D eigenvalue weighted by Crippen LogP contribution is -2.17. The zero-order valence-corrected chi connectivity index (χ0v) is 29.7. The molecule has 2 aliphatic rings. The third-order valence-electron chi connectivity index (χ3n) is 11.3. The molecule has 0 saturated heterocycles. The zero-order chi connectivity index (χ0) is 35.1. The standard InChI is InChI=1S/C51H40N2/c1-4-16-36(17-5-1)50-44-22-10-12-24-46(44)51(47-25-13-11-23-45(47)50)37-28-30-39(31-29-37)52(38-18-6-2-7-19-38)40-32-34-41(35-33-40)53-48-26-9-3-8-20-42(48)43-21-14-15-27-49(43)53/h1-7,9-19,21-25,27-28,30-35,37H,8,20,26,29H2. The summed E-state index contributed by atoms with van der Waals surface area (Å²) in [6.07, 6.45) is 15.9. The van der Waals surface area contributed by atoms with Gasteiger partial charge in [-0.3, -0.25) is 0 Å². The number of aromatic nitrogens is 1. The first kappa shape index (κ1) is 31.4. The van der Waals surface area contributed by atoms with Crippen LogP contribution in [-0.4, -0.2) is 4.57 Å². The molecule has 8 aromatic rings. The molecule has 7 aromatic carbocycles. The van der Waals surface area contributed by atoms with E-state index in [1.54, 1.807) is 0 Å². The Balaban J connectivity index is 1.04. The van der Waals surface area contributed by atoms with Crippen LogP contribution in [0, 0.1) is 0 Å². The Morgan fingerprint density at radius 2 is 1.15 bits per heavy atom. The van der Waals surface area contributed by atoms with Crippen molar-refractivity contribution in [2.24, 2.45) is 0 Å². The number of para-hydroxylation sites is 2. The van der Waals surface area contributed by atoms with Crippen molar-refractivity contribution in [2.75, 3.05) is 4.90 Å². The summed E-state index contributed by atoms with van der Waals surface area (Å²) in [5.41, 5.74) is 12.9. The molecule has 2 nitrogen and oxygen atoms in total. The highest BCUT2D eigenvalue weighted by molar-refractivity contribution is 6.15. The summed E-state index contributed by atoms with van der Waals surface area (Å²) in [6, 6.07) is 57.7. The molecule has 1 atom stereocenters. The highest BCUT2D eigenvalue weighted by Gasteiger charge is 2.24. The number of aryl methyl sites for hydroxylation is 1. The van der Waals surface area contributed by atoms with Crippen LogP contribution in [0.4, 0.5) is 11.4 Å². The molecule has 10 rings (SSSR count). The Bertz CT molecular complexity index is 2650. The molecule has 0 aliphatic heterocycles. The molecule has 53 heavy (non-hydrogen) atoms. The smallest absolute Gasteiger partial charge is 0.0534 e. The van der Waals surface area contributed by atoms with Crippen molar-refractivity contribution in [1.29, 1.82) is 0 Å². The van der Waals surface area contributed by atoms with E-state index >= 15 is 0 Å². The average Bonchev–Trinajstić information content (AvgIpc) is 3.34. The van der Waals surface area contributed by atoms with E-state index in [2.05, 4.69) is 198 Å². The van der Waals surface area contributed by atoms with Crippen LogP contribution in [0.5, 0.6) is 0 Å². The molecule has 1 unspecified atom stereocenters. The molecule has 0 bridgehead atoms. The lowest BCUT2D eigenvalue weighted by molar-refractivity contribution is 0.854. The van der Waals surface area contributed by atoms with Crippen LogP contribution < -0.4 is 4.90 Å². The molecular formula is C51H40N2. The van der Waals surface area contributed by atoms with E-state index in [4.69, 9.17) is 0 Å². The topological polar surface area (TPSA) is 8.17 Å². The lowest BCUT2D eigenvalue weighted by atomic mass is 9.81. The molecule has 2 aliphatic carbocycles.